The van der Waals surface area contributed by atoms with Crippen LogP contribution in [0.2, 0.25) is 0 Å². The van der Waals surface area contributed by atoms with Gasteiger partial charge in [0, 0.05) is 31.9 Å². The summed E-state index contributed by atoms with van der Waals surface area (Å²) < 4.78 is 20.6. The molecule has 1 fully saturated rings. The fourth-order valence-electron chi connectivity index (χ4n) is 3.67. The molecule has 3 aromatic rings. The highest BCUT2D eigenvalue weighted by Gasteiger charge is 2.27. The van der Waals surface area contributed by atoms with Crippen LogP contribution in [0.1, 0.15) is 10.5 Å². The van der Waals surface area contributed by atoms with Gasteiger partial charge in [0.1, 0.15) is 17.3 Å². The zero-order chi connectivity index (χ0) is 21.1. The molecule has 8 heteroatoms. The minimum Gasteiger partial charge on any atom is -0.495 e. The molecule has 0 aliphatic carbocycles. The van der Waals surface area contributed by atoms with Crippen molar-refractivity contribution in [3.8, 4) is 11.4 Å². The average Bonchev–Trinajstić information content (AvgIpc) is 3.23. The van der Waals surface area contributed by atoms with Crippen LogP contribution in [0.15, 0.2) is 59.9 Å². The molecule has 6 nitrogen and oxygen atoms in total. The fraction of sp³-hybridized carbons (Fsp3) is 0.273. The summed E-state index contributed by atoms with van der Waals surface area (Å²) in [7, 11) is 1.67. The van der Waals surface area contributed by atoms with Gasteiger partial charge in [-0.25, -0.2) is 9.37 Å². The van der Waals surface area contributed by atoms with Crippen LogP contribution < -0.4 is 9.64 Å². The number of carbonyl (C=O) groups is 1. The molecular weight excluding hydrogens is 403 g/mol. The van der Waals surface area contributed by atoms with Crippen LogP contribution in [0.25, 0.3) is 5.69 Å². The summed E-state index contributed by atoms with van der Waals surface area (Å²) >= 11 is 1.45. The Hall–Kier alpha value is -3.00. The molecule has 0 N–H and O–H groups in total. The highest BCUT2D eigenvalue weighted by atomic mass is 32.2. The van der Waals surface area contributed by atoms with Gasteiger partial charge >= 0.3 is 0 Å². The fourth-order valence-corrected chi connectivity index (χ4v) is 4.22. The number of benzene rings is 2. The van der Waals surface area contributed by atoms with Gasteiger partial charge in [0.15, 0.2) is 5.16 Å². The number of nitrogens with zero attached hydrogens (tertiary/aromatic N) is 4. The first-order chi connectivity index (χ1) is 14.6. The maximum Gasteiger partial charge on any atom is 0.272 e. The van der Waals surface area contributed by atoms with E-state index in [1.165, 1.54) is 23.9 Å². The number of imidazole rings is 1. The Bertz CT molecular complexity index is 1030. The van der Waals surface area contributed by atoms with Crippen LogP contribution in [0.4, 0.5) is 10.1 Å². The molecule has 0 saturated carbocycles. The van der Waals surface area contributed by atoms with Gasteiger partial charge in [0.2, 0.25) is 0 Å². The minimum atomic E-state index is -0.315. The van der Waals surface area contributed by atoms with Crippen molar-refractivity contribution in [2.75, 3.05) is 44.4 Å². The third kappa shape index (κ3) is 3.87. The Morgan fingerprint density at radius 3 is 2.43 bits per heavy atom. The number of para-hydroxylation sites is 2. The number of amides is 1. The molecule has 4 rings (SSSR count). The molecule has 30 heavy (non-hydrogen) atoms. The summed E-state index contributed by atoms with van der Waals surface area (Å²) in [5.74, 6) is 0.438. The first-order valence-corrected chi connectivity index (χ1v) is 10.9. The first kappa shape index (κ1) is 20.3. The number of hydrogen-bond acceptors (Lipinski definition) is 5. The molecule has 0 unspecified atom stereocenters. The lowest BCUT2D eigenvalue weighted by molar-refractivity contribution is 0.0738. The molecule has 1 aliphatic rings. The Kier molecular flexibility index (Phi) is 5.94. The van der Waals surface area contributed by atoms with Crippen molar-refractivity contribution in [1.82, 2.24) is 14.5 Å². The lowest BCUT2D eigenvalue weighted by Gasteiger charge is -2.36. The molecule has 0 radical (unpaired) electrons. The monoisotopic (exact) mass is 426 g/mol. The number of halogens is 1. The summed E-state index contributed by atoms with van der Waals surface area (Å²) in [6.07, 6.45) is 3.51. The summed E-state index contributed by atoms with van der Waals surface area (Å²) in [5, 5.41) is 0.692. The van der Waals surface area contributed by atoms with Gasteiger partial charge in [0.25, 0.3) is 5.91 Å². The molecule has 1 aromatic heterocycles. The van der Waals surface area contributed by atoms with E-state index in [2.05, 4.69) is 9.88 Å². The maximum atomic E-state index is 13.4. The smallest absolute Gasteiger partial charge is 0.272 e. The lowest BCUT2D eigenvalue weighted by atomic mass is 10.2. The van der Waals surface area contributed by atoms with E-state index in [0.29, 0.717) is 42.7 Å². The van der Waals surface area contributed by atoms with Crippen LogP contribution in [0, 0.1) is 5.82 Å². The van der Waals surface area contributed by atoms with E-state index in [1.807, 2.05) is 35.4 Å². The van der Waals surface area contributed by atoms with Crippen LogP contribution in [0.5, 0.6) is 5.75 Å². The molecule has 2 heterocycles. The summed E-state index contributed by atoms with van der Waals surface area (Å²) in [5.41, 5.74) is 2.24. The Morgan fingerprint density at radius 2 is 1.77 bits per heavy atom. The van der Waals surface area contributed by atoms with E-state index >= 15 is 0 Å². The van der Waals surface area contributed by atoms with Gasteiger partial charge in [-0.2, -0.15) is 0 Å². The maximum absolute atomic E-state index is 13.4. The summed E-state index contributed by atoms with van der Waals surface area (Å²) in [4.78, 5) is 21.8. The SMILES string of the molecule is COc1ccccc1N1CCN(C(=O)c2cnc(SC)n2-c2ccc(F)cc2)CC1. The van der Waals surface area contributed by atoms with Crippen molar-refractivity contribution in [3.63, 3.8) is 0 Å². The molecular formula is C22H23FN4O2S. The molecule has 1 aliphatic heterocycles. The van der Waals surface area contributed by atoms with Gasteiger partial charge < -0.3 is 14.5 Å². The first-order valence-electron chi connectivity index (χ1n) is 9.67. The highest BCUT2D eigenvalue weighted by molar-refractivity contribution is 7.98. The number of anilines is 1. The number of piperazine rings is 1. The average molecular weight is 427 g/mol. The van der Waals surface area contributed by atoms with Crippen molar-refractivity contribution < 1.29 is 13.9 Å². The third-order valence-corrected chi connectivity index (χ3v) is 5.86. The quantitative estimate of drug-likeness (QED) is 0.583. The van der Waals surface area contributed by atoms with Gasteiger partial charge in [-0.3, -0.25) is 9.36 Å². The summed E-state index contributed by atoms with van der Waals surface area (Å²) in [6.45, 7) is 2.62. The van der Waals surface area contributed by atoms with Gasteiger partial charge in [-0.15, -0.1) is 0 Å². The third-order valence-electron chi connectivity index (χ3n) is 5.21. The predicted octanol–water partition coefficient (Wildman–Crippen LogP) is 3.70. The van der Waals surface area contributed by atoms with E-state index in [-0.39, 0.29) is 11.7 Å². The van der Waals surface area contributed by atoms with Crippen LogP contribution >= 0.6 is 11.8 Å². The van der Waals surface area contributed by atoms with E-state index in [1.54, 1.807) is 30.0 Å². The lowest BCUT2D eigenvalue weighted by Crippen LogP contribution is -2.49. The van der Waals surface area contributed by atoms with Crippen molar-refractivity contribution in [2.45, 2.75) is 5.16 Å². The van der Waals surface area contributed by atoms with Crippen molar-refractivity contribution in [2.24, 2.45) is 0 Å². The molecule has 0 spiro atoms. The van der Waals surface area contributed by atoms with Crippen molar-refractivity contribution in [3.05, 3.63) is 66.2 Å². The minimum absolute atomic E-state index is 0.0770. The standard InChI is InChI=1S/C22H23FN4O2S/c1-29-20-6-4-3-5-18(20)25-11-13-26(14-12-25)21(28)19-15-24-22(30-2)27(19)17-9-7-16(23)8-10-17/h3-10,15H,11-14H2,1-2H3. The Balaban J connectivity index is 1.54. The van der Waals surface area contributed by atoms with Gasteiger partial charge in [-0.1, -0.05) is 23.9 Å². The number of thioether (sulfide) groups is 1. The molecule has 2 aromatic carbocycles. The van der Waals surface area contributed by atoms with E-state index in [9.17, 15) is 9.18 Å². The molecule has 1 amide bonds. The largest absolute Gasteiger partial charge is 0.495 e. The number of methoxy groups -OCH3 is 1. The van der Waals surface area contributed by atoms with Crippen LogP contribution in [0.3, 0.4) is 0 Å². The number of rotatable bonds is 5. The second-order valence-corrected chi connectivity index (χ2v) is 7.67. The van der Waals surface area contributed by atoms with Crippen molar-refractivity contribution >= 4 is 23.4 Å². The van der Waals surface area contributed by atoms with E-state index in [4.69, 9.17) is 4.74 Å². The second-order valence-electron chi connectivity index (χ2n) is 6.89. The van der Waals surface area contributed by atoms with Crippen LogP contribution in [-0.2, 0) is 0 Å². The number of ether oxygens (including phenoxy) is 1. The van der Waals surface area contributed by atoms with Crippen LogP contribution in [-0.4, -0.2) is 59.9 Å². The van der Waals surface area contributed by atoms with E-state index < -0.39 is 0 Å². The number of aromatic nitrogens is 2. The number of hydrogen-bond donors (Lipinski definition) is 0. The molecule has 0 bridgehead atoms. The Labute approximate surface area is 179 Å². The highest BCUT2D eigenvalue weighted by Crippen LogP contribution is 2.29. The second kappa shape index (κ2) is 8.79. The van der Waals surface area contributed by atoms with Gasteiger partial charge in [-0.05, 0) is 42.7 Å². The molecule has 1 saturated heterocycles. The van der Waals surface area contributed by atoms with Crippen molar-refractivity contribution in [1.29, 1.82) is 0 Å². The zero-order valence-corrected chi connectivity index (χ0v) is 17.7. The summed E-state index contributed by atoms with van der Waals surface area (Å²) in [6, 6.07) is 14.0. The van der Waals surface area contributed by atoms with Gasteiger partial charge in [0.05, 0.1) is 19.0 Å². The topological polar surface area (TPSA) is 50.6 Å². The normalized spacial score (nSPS) is 14.1. The van der Waals surface area contributed by atoms with E-state index in [0.717, 1.165) is 11.4 Å². The Morgan fingerprint density at radius 1 is 1.07 bits per heavy atom. The predicted molar refractivity (Wildman–Crippen MR) is 116 cm³/mol. The molecule has 156 valence electrons. The number of carbonyl (C=O) groups excluding carboxylic acids is 1. The molecule has 0 atom stereocenters. The zero-order valence-electron chi connectivity index (χ0n) is 16.9.